The molecule has 2 aromatic rings. The van der Waals surface area contributed by atoms with Crippen molar-refractivity contribution in [1.82, 2.24) is 0 Å². The van der Waals surface area contributed by atoms with Crippen LogP contribution >= 0.6 is 0 Å². The van der Waals surface area contributed by atoms with Crippen LogP contribution in [0.25, 0.3) is 35.1 Å². The van der Waals surface area contributed by atoms with Gasteiger partial charge in [0.15, 0.2) is 0 Å². The molecule has 0 nitrogen and oxygen atoms in total. The van der Waals surface area contributed by atoms with Gasteiger partial charge in [0, 0.05) is 0 Å². The van der Waals surface area contributed by atoms with E-state index in [2.05, 4.69) is 72.9 Å². The Bertz CT molecular complexity index is 768. The Morgan fingerprint density at radius 2 is 1.50 bits per heavy atom. The molecule has 0 saturated heterocycles. The van der Waals surface area contributed by atoms with Gasteiger partial charge in [-0.25, -0.2) is 0 Å². The largest absolute Gasteiger partial charge is 0.0622 e. The van der Waals surface area contributed by atoms with E-state index in [0.29, 0.717) is 0 Å². The molecule has 4 rings (SSSR count). The van der Waals surface area contributed by atoms with Crippen molar-refractivity contribution in [1.29, 1.82) is 0 Å². The maximum absolute atomic E-state index is 2.28. The van der Waals surface area contributed by atoms with E-state index in [4.69, 9.17) is 0 Å². The maximum Gasteiger partial charge on any atom is -0.00324 e. The molecule has 84 valence electrons. The molecule has 0 fully saturated rings. The fraction of sp³-hybridized carbons (Fsp3) is 0. The fourth-order valence-electron chi connectivity index (χ4n) is 2.80. The predicted octanol–water partition coefficient (Wildman–Crippen LogP) is 4.92. The summed E-state index contributed by atoms with van der Waals surface area (Å²) in [5.41, 5.74) is 5.31. The van der Waals surface area contributed by atoms with Crippen molar-refractivity contribution in [2.24, 2.45) is 0 Å². The van der Waals surface area contributed by atoms with Crippen LogP contribution in [0.5, 0.6) is 0 Å². The third-order valence-electron chi connectivity index (χ3n) is 3.61. The molecule has 2 aliphatic rings. The third-order valence-corrected chi connectivity index (χ3v) is 3.61. The van der Waals surface area contributed by atoms with Crippen molar-refractivity contribution in [2.75, 3.05) is 0 Å². The second-order valence-electron chi connectivity index (χ2n) is 4.67. The van der Waals surface area contributed by atoms with Gasteiger partial charge in [-0.3, -0.25) is 0 Å². The SMILES string of the molecule is C1=Cc2c3c(cc4cccc1c24)\C=C/C=C\C=C/3. The second kappa shape index (κ2) is 3.58. The van der Waals surface area contributed by atoms with Gasteiger partial charge in [-0.05, 0) is 39.1 Å². The van der Waals surface area contributed by atoms with Crippen LogP contribution in [-0.2, 0) is 0 Å². The molecule has 0 unspecified atom stereocenters. The normalized spacial score (nSPS) is 20.2. The Morgan fingerprint density at radius 1 is 0.611 bits per heavy atom. The molecule has 0 heterocycles. The van der Waals surface area contributed by atoms with E-state index in [1.54, 1.807) is 0 Å². The third kappa shape index (κ3) is 1.26. The molecule has 0 radical (unpaired) electrons. The maximum atomic E-state index is 2.28. The first-order valence-corrected chi connectivity index (χ1v) is 6.23. The molecule has 0 aromatic heterocycles. The van der Waals surface area contributed by atoms with Crippen LogP contribution in [0.1, 0.15) is 22.3 Å². The molecule has 0 bridgehead atoms. The number of hydrogen-bond acceptors (Lipinski definition) is 0. The molecule has 0 N–H and O–H groups in total. The highest BCUT2D eigenvalue weighted by Gasteiger charge is 2.14. The zero-order valence-corrected chi connectivity index (χ0v) is 9.93. The number of allylic oxidation sites excluding steroid dienone is 4. The average Bonchev–Trinajstić information content (AvgIpc) is 2.78. The van der Waals surface area contributed by atoms with Crippen LogP contribution in [0, 0.1) is 0 Å². The fourth-order valence-corrected chi connectivity index (χ4v) is 2.80. The summed E-state index contributed by atoms with van der Waals surface area (Å²) in [4.78, 5) is 0. The van der Waals surface area contributed by atoms with Crippen molar-refractivity contribution >= 4 is 35.1 Å². The lowest BCUT2D eigenvalue weighted by Crippen LogP contribution is -1.89. The summed E-state index contributed by atoms with van der Waals surface area (Å²) in [6.07, 6.45) is 17.2. The summed E-state index contributed by atoms with van der Waals surface area (Å²) in [5, 5.41) is 2.72. The number of fused-ring (bicyclic) bond motifs is 2. The molecule has 0 saturated carbocycles. The number of rotatable bonds is 0. The highest BCUT2D eigenvalue weighted by molar-refractivity contribution is 6.08. The monoisotopic (exact) mass is 228 g/mol. The molecule has 0 spiro atoms. The summed E-state index contributed by atoms with van der Waals surface area (Å²) >= 11 is 0. The van der Waals surface area contributed by atoms with Crippen LogP contribution in [0.15, 0.2) is 48.6 Å². The molecular weight excluding hydrogens is 216 g/mol. The van der Waals surface area contributed by atoms with E-state index in [1.807, 2.05) is 0 Å². The predicted molar refractivity (Wildman–Crippen MR) is 80.1 cm³/mol. The quantitative estimate of drug-likeness (QED) is 0.512. The van der Waals surface area contributed by atoms with Crippen LogP contribution in [-0.4, -0.2) is 0 Å². The van der Waals surface area contributed by atoms with Gasteiger partial charge >= 0.3 is 0 Å². The zero-order valence-electron chi connectivity index (χ0n) is 9.93. The summed E-state index contributed by atoms with van der Waals surface area (Å²) in [5.74, 6) is 0. The van der Waals surface area contributed by atoms with Gasteiger partial charge in [-0.15, -0.1) is 0 Å². The highest BCUT2D eigenvalue weighted by Crippen LogP contribution is 2.36. The van der Waals surface area contributed by atoms with Crippen molar-refractivity contribution in [3.05, 3.63) is 70.8 Å². The van der Waals surface area contributed by atoms with Crippen molar-refractivity contribution < 1.29 is 0 Å². The Kier molecular flexibility index (Phi) is 1.92. The van der Waals surface area contributed by atoms with Gasteiger partial charge in [0.05, 0.1) is 0 Å². The van der Waals surface area contributed by atoms with Gasteiger partial charge in [-0.2, -0.15) is 0 Å². The van der Waals surface area contributed by atoms with Gasteiger partial charge in [0.25, 0.3) is 0 Å². The smallest absolute Gasteiger partial charge is 0.00324 e. The van der Waals surface area contributed by atoms with E-state index in [0.717, 1.165) is 0 Å². The molecule has 0 amide bonds. The first kappa shape index (κ1) is 9.67. The van der Waals surface area contributed by atoms with Gasteiger partial charge in [0.2, 0.25) is 0 Å². The molecule has 0 atom stereocenters. The number of benzene rings is 2. The molecule has 2 aliphatic carbocycles. The first-order valence-electron chi connectivity index (χ1n) is 6.23. The second-order valence-corrected chi connectivity index (χ2v) is 4.67. The Balaban J connectivity index is 2.18. The average molecular weight is 228 g/mol. The Hall–Kier alpha value is -2.34. The van der Waals surface area contributed by atoms with E-state index in [1.165, 1.54) is 33.0 Å². The molecule has 18 heavy (non-hydrogen) atoms. The lowest BCUT2D eigenvalue weighted by atomic mass is 9.93. The highest BCUT2D eigenvalue weighted by atomic mass is 14.2. The molecule has 0 aliphatic heterocycles. The minimum Gasteiger partial charge on any atom is -0.0622 e. The van der Waals surface area contributed by atoms with Gasteiger partial charge in [0.1, 0.15) is 0 Å². The summed E-state index contributed by atoms with van der Waals surface area (Å²) in [6.45, 7) is 0. The number of hydrogen-bond donors (Lipinski definition) is 0. The van der Waals surface area contributed by atoms with E-state index in [9.17, 15) is 0 Å². The molecule has 2 aromatic carbocycles. The lowest BCUT2D eigenvalue weighted by Gasteiger charge is -2.10. The van der Waals surface area contributed by atoms with Crippen LogP contribution in [0.2, 0.25) is 0 Å². The van der Waals surface area contributed by atoms with E-state index in [-0.39, 0.29) is 0 Å². The topological polar surface area (TPSA) is 0 Å². The van der Waals surface area contributed by atoms with Crippen LogP contribution < -0.4 is 0 Å². The minimum absolute atomic E-state index is 1.29. The van der Waals surface area contributed by atoms with Crippen molar-refractivity contribution in [3.63, 3.8) is 0 Å². The lowest BCUT2D eigenvalue weighted by molar-refractivity contribution is 1.62. The standard InChI is InChI=1S/C18H12/c1-2-4-9-16-14(6-3-1)12-15-8-5-7-13-10-11-17(16)18(13)15/h1-12H/b2-1-,3-1?,4-2?,6-3-,9-4-,14-6?,16-9?. The van der Waals surface area contributed by atoms with Gasteiger partial charge in [-0.1, -0.05) is 66.8 Å². The molecule has 0 heteroatoms. The summed E-state index contributed by atoms with van der Waals surface area (Å²) in [7, 11) is 0. The molecular formula is C18H12. The van der Waals surface area contributed by atoms with Crippen molar-refractivity contribution in [2.45, 2.75) is 0 Å². The van der Waals surface area contributed by atoms with Crippen molar-refractivity contribution in [3.8, 4) is 0 Å². The Morgan fingerprint density at radius 3 is 2.44 bits per heavy atom. The summed E-state index contributed by atoms with van der Waals surface area (Å²) < 4.78 is 0. The first-order chi connectivity index (χ1) is 8.93. The van der Waals surface area contributed by atoms with E-state index < -0.39 is 0 Å². The zero-order chi connectivity index (χ0) is 11.9. The van der Waals surface area contributed by atoms with E-state index >= 15 is 0 Å². The Labute approximate surface area is 106 Å². The van der Waals surface area contributed by atoms with Gasteiger partial charge < -0.3 is 0 Å². The summed E-state index contributed by atoms with van der Waals surface area (Å²) in [6, 6.07) is 8.79. The van der Waals surface area contributed by atoms with Crippen LogP contribution in [0.4, 0.5) is 0 Å². The van der Waals surface area contributed by atoms with Crippen LogP contribution in [0.3, 0.4) is 0 Å². The minimum atomic E-state index is 1.29.